The molecule has 0 saturated heterocycles. The summed E-state index contributed by atoms with van der Waals surface area (Å²) in [6, 6.07) is 6.13. The molecule has 1 rings (SSSR count). The van der Waals surface area contributed by atoms with E-state index < -0.39 is 14.0 Å². The van der Waals surface area contributed by atoms with Gasteiger partial charge in [-0.1, -0.05) is 0 Å². The molecular formula is C8H10NO3Si. The van der Waals surface area contributed by atoms with E-state index in [1.54, 1.807) is 12.1 Å². The highest BCUT2D eigenvalue weighted by atomic mass is 28.3. The zero-order valence-corrected chi connectivity index (χ0v) is 8.48. The first-order chi connectivity index (χ1) is 6.09. The summed E-state index contributed by atoms with van der Waals surface area (Å²) in [5.74, 6) is 0.699. The summed E-state index contributed by atoms with van der Waals surface area (Å²) in [5, 5.41) is 10.3. The quantitative estimate of drug-likeness (QED) is 0.423. The second kappa shape index (κ2) is 4.04. The molecule has 0 heterocycles. The zero-order valence-electron chi connectivity index (χ0n) is 7.48. The molecule has 0 saturated carbocycles. The molecule has 69 valence electrons. The molecule has 0 aliphatic rings. The van der Waals surface area contributed by atoms with Crippen molar-refractivity contribution in [2.45, 2.75) is 13.1 Å². The number of benzene rings is 1. The highest BCUT2D eigenvalue weighted by Gasteiger charge is 2.05. The van der Waals surface area contributed by atoms with Crippen LogP contribution in [0.25, 0.3) is 0 Å². The average Bonchev–Trinajstić information content (AvgIpc) is 2.04. The van der Waals surface area contributed by atoms with Gasteiger partial charge in [-0.05, 0) is 25.2 Å². The first kappa shape index (κ1) is 9.72. The van der Waals surface area contributed by atoms with Crippen molar-refractivity contribution in [3.63, 3.8) is 0 Å². The fourth-order valence-electron chi connectivity index (χ4n) is 0.872. The molecule has 0 fully saturated rings. The molecule has 0 bridgehead atoms. The Kier molecular flexibility index (Phi) is 3.02. The summed E-state index contributed by atoms with van der Waals surface area (Å²) in [5.41, 5.74) is 0.0910. The Morgan fingerprint density at radius 1 is 1.31 bits per heavy atom. The van der Waals surface area contributed by atoms with Crippen LogP contribution in [0.15, 0.2) is 24.3 Å². The SMILES string of the molecule is C[Si](C)Oc1ccc([N+](=O)[O-])cc1. The highest BCUT2D eigenvalue weighted by Crippen LogP contribution is 2.17. The number of hydrogen-bond donors (Lipinski definition) is 0. The van der Waals surface area contributed by atoms with Crippen LogP contribution >= 0.6 is 0 Å². The fourth-order valence-corrected chi connectivity index (χ4v) is 1.48. The zero-order chi connectivity index (χ0) is 9.84. The average molecular weight is 196 g/mol. The van der Waals surface area contributed by atoms with E-state index in [0.717, 1.165) is 0 Å². The maximum absolute atomic E-state index is 10.3. The minimum Gasteiger partial charge on any atom is -0.543 e. The number of nitrogens with zero attached hydrogens (tertiary/aromatic N) is 1. The smallest absolute Gasteiger partial charge is 0.274 e. The minimum atomic E-state index is -0.789. The Balaban J connectivity index is 2.75. The lowest BCUT2D eigenvalue weighted by molar-refractivity contribution is -0.384. The van der Waals surface area contributed by atoms with Crippen LogP contribution in [0, 0.1) is 10.1 Å². The van der Waals surface area contributed by atoms with Crippen molar-refractivity contribution in [2.24, 2.45) is 0 Å². The first-order valence-electron chi connectivity index (χ1n) is 3.82. The first-order valence-corrected chi connectivity index (χ1v) is 6.23. The van der Waals surface area contributed by atoms with E-state index in [1.165, 1.54) is 12.1 Å². The van der Waals surface area contributed by atoms with Crippen LogP contribution in [-0.4, -0.2) is 14.0 Å². The van der Waals surface area contributed by atoms with Gasteiger partial charge in [0, 0.05) is 12.1 Å². The topological polar surface area (TPSA) is 52.4 Å². The highest BCUT2D eigenvalue weighted by molar-refractivity contribution is 6.49. The van der Waals surface area contributed by atoms with Crippen LogP contribution in [0.2, 0.25) is 13.1 Å². The van der Waals surface area contributed by atoms with Gasteiger partial charge in [-0.15, -0.1) is 0 Å². The monoisotopic (exact) mass is 196 g/mol. The van der Waals surface area contributed by atoms with Crippen molar-refractivity contribution in [3.05, 3.63) is 34.4 Å². The number of nitro groups is 1. The van der Waals surface area contributed by atoms with Gasteiger partial charge in [0.1, 0.15) is 5.75 Å². The van der Waals surface area contributed by atoms with E-state index in [0.29, 0.717) is 5.75 Å². The van der Waals surface area contributed by atoms with Gasteiger partial charge in [0.2, 0.25) is 0 Å². The lowest BCUT2D eigenvalue weighted by Gasteiger charge is -2.06. The van der Waals surface area contributed by atoms with Gasteiger partial charge in [-0.3, -0.25) is 10.1 Å². The maximum Gasteiger partial charge on any atom is 0.274 e. The molecule has 5 heteroatoms. The van der Waals surface area contributed by atoms with Gasteiger partial charge in [0.15, 0.2) is 0 Å². The largest absolute Gasteiger partial charge is 0.543 e. The van der Waals surface area contributed by atoms with E-state index in [4.69, 9.17) is 4.43 Å². The van der Waals surface area contributed by atoms with Crippen LogP contribution in [0.3, 0.4) is 0 Å². The molecular weight excluding hydrogens is 186 g/mol. The Bertz CT molecular complexity index is 297. The number of rotatable bonds is 3. The minimum absolute atomic E-state index is 0.0910. The summed E-state index contributed by atoms with van der Waals surface area (Å²) >= 11 is 0. The molecule has 1 radical (unpaired) electrons. The third-order valence-corrected chi connectivity index (χ3v) is 2.01. The number of nitro benzene ring substituents is 1. The fraction of sp³-hybridized carbons (Fsp3) is 0.250. The lowest BCUT2D eigenvalue weighted by Crippen LogP contribution is -2.10. The molecule has 0 atom stereocenters. The van der Waals surface area contributed by atoms with Crippen molar-refractivity contribution in [1.29, 1.82) is 0 Å². The van der Waals surface area contributed by atoms with Gasteiger partial charge in [0.25, 0.3) is 14.7 Å². The molecule has 0 aliphatic heterocycles. The number of hydrogen-bond acceptors (Lipinski definition) is 3. The molecule has 1 aromatic carbocycles. The second-order valence-electron chi connectivity index (χ2n) is 2.76. The Morgan fingerprint density at radius 3 is 2.23 bits per heavy atom. The molecule has 0 unspecified atom stereocenters. The molecule has 0 aliphatic carbocycles. The van der Waals surface area contributed by atoms with Crippen LogP contribution in [0.1, 0.15) is 0 Å². The Labute approximate surface area is 78.0 Å². The van der Waals surface area contributed by atoms with Gasteiger partial charge in [-0.2, -0.15) is 0 Å². The molecule has 4 nitrogen and oxygen atoms in total. The van der Waals surface area contributed by atoms with Crippen molar-refractivity contribution in [3.8, 4) is 5.75 Å². The standard InChI is InChI=1S/C8H10NO3Si/c1-13(2)12-8-5-3-7(4-6-8)9(10)11/h3-6H,1-2H3. The normalized spacial score (nSPS) is 10.1. The van der Waals surface area contributed by atoms with E-state index >= 15 is 0 Å². The third kappa shape index (κ3) is 2.87. The second-order valence-corrected chi connectivity index (χ2v) is 4.78. The van der Waals surface area contributed by atoms with Crippen LogP contribution in [0.5, 0.6) is 5.75 Å². The van der Waals surface area contributed by atoms with E-state index in [9.17, 15) is 10.1 Å². The Morgan fingerprint density at radius 2 is 1.85 bits per heavy atom. The van der Waals surface area contributed by atoms with Crippen LogP contribution in [-0.2, 0) is 0 Å². The summed E-state index contributed by atoms with van der Waals surface area (Å²) in [7, 11) is -0.789. The summed E-state index contributed by atoms with van der Waals surface area (Å²) in [6.45, 7) is 4.01. The third-order valence-electron chi connectivity index (χ3n) is 1.37. The molecule has 0 aromatic heterocycles. The Hall–Kier alpha value is -1.36. The summed E-state index contributed by atoms with van der Waals surface area (Å²) < 4.78 is 5.43. The maximum atomic E-state index is 10.3. The van der Waals surface area contributed by atoms with E-state index in [-0.39, 0.29) is 5.69 Å². The van der Waals surface area contributed by atoms with Gasteiger partial charge in [-0.25, -0.2) is 0 Å². The van der Waals surface area contributed by atoms with Crippen molar-refractivity contribution >= 4 is 14.7 Å². The molecule has 1 aromatic rings. The lowest BCUT2D eigenvalue weighted by atomic mass is 10.3. The van der Waals surface area contributed by atoms with Crippen molar-refractivity contribution < 1.29 is 9.35 Å². The van der Waals surface area contributed by atoms with Gasteiger partial charge < -0.3 is 4.43 Å². The van der Waals surface area contributed by atoms with Crippen LogP contribution < -0.4 is 4.43 Å². The predicted molar refractivity (Wildman–Crippen MR) is 51.2 cm³/mol. The molecule has 0 N–H and O–H groups in total. The van der Waals surface area contributed by atoms with Crippen molar-refractivity contribution in [2.75, 3.05) is 0 Å². The molecule has 13 heavy (non-hydrogen) atoms. The van der Waals surface area contributed by atoms with E-state index in [2.05, 4.69) is 0 Å². The summed E-state index contributed by atoms with van der Waals surface area (Å²) in [6.07, 6.45) is 0. The number of non-ortho nitro benzene ring substituents is 1. The van der Waals surface area contributed by atoms with E-state index in [1.807, 2.05) is 13.1 Å². The summed E-state index contributed by atoms with van der Waals surface area (Å²) in [4.78, 5) is 9.88. The molecule has 0 spiro atoms. The predicted octanol–water partition coefficient (Wildman–Crippen LogP) is 2.22. The van der Waals surface area contributed by atoms with Crippen LogP contribution in [0.4, 0.5) is 5.69 Å². The van der Waals surface area contributed by atoms with Crippen molar-refractivity contribution in [1.82, 2.24) is 0 Å². The van der Waals surface area contributed by atoms with Gasteiger partial charge >= 0.3 is 0 Å². The molecule has 0 amide bonds. The van der Waals surface area contributed by atoms with Gasteiger partial charge in [0.05, 0.1) is 4.92 Å².